The summed E-state index contributed by atoms with van der Waals surface area (Å²) in [5, 5.41) is 5.55. The normalized spacial score (nSPS) is 11.9. The van der Waals surface area contributed by atoms with Crippen molar-refractivity contribution in [1.29, 1.82) is 0 Å². The third kappa shape index (κ3) is 4.94. The fourth-order valence-electron chi connectivity index (χ4n) is 1.79. The molecule has 8 heteroatoms. The third-order valence-electron chi connectivity index (χ3n) is 2.87. The first kappa shape index (κ1) is 17.7. The summed E-state index contributed by atoms with van der Waals surface area (Å²) in [5.74, 6) is -0.120. The Bertz CT molecular complexity index is 704. The van der Waals surface area contributed by atoms with Crippen LogP contribution in [-0.2, 0) is 6.18 Å². The van der Waals surface area contributed by atoms with E-state index >= 15 is 0 Å². The van der Waals surface area contributed by atoms with E-state index in [-0.39, 0.29) is 16.8 Å². The van der Waals surface area contributed by atoms with Crippen molar-refractivity contribution >= 4 is 17.5 Å². The minimum absolute atomic E-state index is 0.203. The van der Waals surface area contributed by atoms with Crippen LogP contribution in [0.15, 0.2) is 36.7 Å². The molecule has 128 valence electrons. The maximum atomic E-state index is 12.5. The summed E-state index contributed by atoms with van der Waals surface area (Å²) in [4.78, 5) is 20.1. The van der Waals surface area contributed by atoms with Gasteiger partial charge in [-0.1, -0.05) is 0 Å². The Kier molecular flexibility index (Phi) is 4.77. The van der Waals surface area contributed by atoms with Crippen LogP contribution in [0.1, 0.15) is 36.7 Å². The lowest BCUT2D eigenvalue weighted by molar-refractivity contribution is -0.137. The number of alkyl halides is 3. The standard InChI is InChI=1S/C16H17F3N4O/c1-15(2,3)23-14-20-8-10(9-21-14)13(24)22-12-6-4-11(5-7-12)16(17,18)19/h4-9H,1-3H3,(H,22,24)(H,20,21,23). The van der Waals surface area contributed by atoms with E-state index in [0.717, 1.165) is 12.1 Å². The molecule has 1 amide bonds. The van der Waals surface area contributed by atoms with Gasteiger partial charge in [-0.3, -0.25) is 4.79 Å². The molecule has 0 aliphatic rings. The number of halogens is 3. The van der Waals surface area contributed by atoms with E-state index in [1.807, 2.05) is 20.8 Å². The van der Waals surface area contributed by atoms with E-state index in [1.54, 1.807) is 0 Å². The maximum Gasteiger partial charge on any atom is 0.416 e. The SMILES string of the molecule is CC(C)(C)Nc1ncc(C(=O)Nc2ccc(C(F)(F)F)cc2)cn1. The second kappa shape index (κ2) is 6.46. The van der Waals surface area contributed by atoms with Gasteiger partial charge in [0.15, 0.2) is 0 Å². The molecule has 0 saturated heterocycles. The summed E-state index contributed by atoms with van der Waals surface area (Å²) in [6, 6.07) is 4.19. The number of hydrogen-bond acceptors (Lipinski definition) is 4. The van der Waals surface area contributed by atoms with Crippen molar-refractivity contribution in [1.82, 2.24) is 9.97 Å². The Balaban J connectivity index is 2.04. The van der Waals surface area contributed by atoms with E-state index in [0.29, 0.717) is 5.95 Å². The van der Waals surface area contributed by atoms with Gasteiger partial charge in [-0.25, -0.2) is 9.97 Å². The highest BCUT2D eigenvalue weighted by Crippen LogP contribution is 2.29. The number of nitrogens with zero attached hydrogens (tertiary/aromatic N) is 2. The Labute approximate surface area is 137 Å². The fourth-order valence-corrected chi connectivity index (χ4v) is 1.79. The van der Waals surface area contributed by atoms with Crippen LogP contribution >= 0.6 is 0 Å². The van der Waals surface area contributed by atoms with E-state index in [4.69, 9.17) is 0 Å². The fraction of sp³-hybridized carbons (Fsp3) is 0.312. The highest BCUT2D eigenvalue weighted by molar-refractivity contribution is 6.03. The number of aromatic nitrogens is 2. The van der Waals surface area contributed by atoms with Crippen LogP contribution in [0.5, 0.6) is 0 Å². The number of amides is 1. The van der Waals surface area contributed by atoms with Crippen molar-refractivity contribution in [2.24, 2.45) is 0 Å². The first-order chi connectivity index (χ1) is 11.0. The molecule has 1 aromatic carbocycles. The lowest BCUT2D eigenvalue weighted by Crippen LogP contribution is -2.27. The molecule has 1 aromatic heterocycles. The number of benzene rings is 1. The molecule has 0 fully saturated rings. The molecule has 2 aromatic rings. The molecule has 0 atom stereocenters. The zero-order chi connectivity index (χ0) is 18.0. The van der Waals surface area contributed by atoms with Crippen molar-refractivity contribution in [3.8, 4) is 0 Å². The smallest absolute Gasteiger partial charge is 0.350 e. The summed E-state index contributed by atoms with van der Waals surface area (Å²) in [6.07, 6.45) is -1.72. The van der Waals surface area contributed by atoms with E-state index < -0.39 is 17.6 Å². The largest absolute Gasteiger partial charge is 0.416 e. The summed E-state index contributed by atoms with van der Waals surface area (Å²) in [5.41, 5.74) is -0.537. The number of carbonyl (C=O) groups is 1. The van der Waals surface area contributed by atoms with Crippen molar-refractivity contribution in [2.45, 2.75) is 32.5 Å². The van der Waals surface area contributed by atoms with E-state index in [2.05, 4.69) is 20.6 Å². The number of hydrogen-bond donors (Lipinski definition) is 2. The second-order valence-corrected chi connectivity index (χ2v) is 6.20. The number of anilines is 2. The lowest BCUT2D eigenvalue weighted by Gasteiger charge is -2.20. The maximum absolute atomic E-state index is 12.5. The molecule has 0 aliphatic carbocycles. The molecule has 24 heavy (non-hydrogen) atoms. The van der Waals surface area contributed by atoms with Crippen LogP contribution in [0.3, 0.4) is 0 Å². The van der Waals surface area contributed by atoms with Gasteiger partial charge in [0.25, 0.3) is 5.91 Å². The van der Waals surface area contributed by atoms with Crippen molar-refractivity contribution < 1.29 is 18.0 Å². The molecule has 1 heterocycles. The predicted octanol–water partition coefficient (Wildman–Crippen LogP) is 3.96. The molecule has 0 aliphatic heterocycles. The predicted molar refractivity (Wildman–Crippen MR) is 84.8 cm³/mol. The van der Waals surface area contributed by atoms with Crippen LogP contribution in [0.25, 0.3) is 0 Å². The molecule has 5 nitrogen and oxygen atoms in total. The minimum Gasteiger partial charge on any atom is -0.350 e. The Morgan fingerprint density at radius 1 is 1.00 bits per heavy atom. The minimum atomic E-state index is -4.41. The van der Waals surface area contributed by atoms with Gasteiger partial charge in [-0.15, -0.1) is 0 Å². The van der Waals surface area contributed by atoms with Gasteiger partial charge in [0.2, 0.25) is 5.95 Å². The topological polar surface area (TPSA) is 66.9 Å². The number of rotatable bonds is 3. The Hall–Kier alpha value is -2.64. The summed E-state index contributed by atoms with van der Waals surface area (Å²) in [7, 11) is 0. The summed E-state index contributed by atoms with van der Waals surface area (Å²) >= 11 is 0. The molecule has 2 N–H and O–H groups in total. The molecular weight excluding hydrogens is 321 g/mol. The van der Waals surface area contributed by atoms with Gasteiger partial charge in [-0.2, -0.15) is 13.2 Å². The highest BCUT2D eigenvalue weighted by Gasteiger charge is 2.30. The molecular formula is C16H17F3N4O. The average molecular weight is 338 g/mol. The van der Waals surface area contributed by atoms with Crippen LogP contribution in [-0.4, -0.2) is 21.4 Å². The number of carbonyl (C=O) groups excluding carboxylic acids is 1. The first-order valence-corrected chi connectivity index (χ1v) is 7.13. The lowest BCUT2D eigenvalue weighted by atomic mass is 10.1. The van der Waals surface area contributed by atoms with Gasteiger partial charge in [-0.05, 0) is 45.0 Å². The molecule has 0 spiro atoms. The van der Waals surface area contributed by atoms with Gasteiger partial charge in [0, 0.05) is 23.6 Å². The summed E-state index contributed by atoms with van der Waals surface area (Å²) in [6.45, 7) is 5.84. The van der Waals surface area contributed by atoms with Crippen molar-refractivity contribution in [3.63, 3.8) is 0 Å². The average Bonchev–Trinajstić information content (AvgIpc) is 2.46. The van der Waals surface area contributed by atoms with Crippen LogP contribution in [0.2, 0.25) is 0 Å². The van der Waals surface area contributed by atoms with E-state index in [1.165, 1.54) is 24.5 Å². The van der Waals surface area contributed by atoms with E-state index in [9.17, 15) is 18.0 Å². The summed E-state index contributed by atoms with van der Waals surface area (Å²) < 4.78 is 37.5. The van der Waals surface area contributed by atoms with Crippen LogP contribution in [0.4, 0.5) is 24.8 Å². The first-order valence-electron chi connectivity index (χ1n) is 7.13. The monoisotopic (exact) mass is 338 g/mol. The molecule has 0 saturated carbocycles. The van der Waals surface area contributed by atoms with Gasteiger partial charge in [0.05, 0.1) is 11.1 Å². The van der Waals surface area contributed by atoms with Crippen LogP contribution < -0.4 is 10.6 Å². The highest BCUT2D eigenvalue weighted by atomic mass is 19.4. The van der Waals surface area contributed by atoms with Gasteiger partial charge >= 0.3 is 6.18 Å². The zero-order valence-electron chi connectivity index (χ0n) is 13.4. The second-order valence-electron chi connectivity index (χ2n) is 6.20. The quantitative estimate of drug-likeness (QED) is 0.889. The molecule has 0 unspecified atom stereocenters. The molecule has 2 rings (SSSR count). The van der Waals surface area contributed by atoms with Crippen molar-refractivity contribution in [3.05, 3.63) is 47.8 Å². The third-order valence-corrected chi connectivity index (χ3v) is 2.87. The molecule has 0 radical (unpaired) electrons. The molecule has 0 bridgehead atoms. The zero-order valence-corrected chi connectivity index (χ0v) is 13.4. The Morgan fingerprint density at radius 2 is 1.54 bits per heavy atom. The van der Waals surface area contributed by atoms with Crippen LogP contribution in [0, 0.1) is 0 Å². The van der Waals surface area contributed by atoms with Crippen molar-refractivity contribution in [2.75, 3.05) is 10.6 Å². The van der Waals surface area contributed by atoms with Gasteiger partial charge in [0.1, 0.15) is 0 Å². The Morgan fingerprint density at radius 3 is 2.00 bits per heavy atom. The van der Waals surface area contributed by atoms with Gasteiger partial charge < -0.3 is 10.6 Å². The number of nitrogens with one attached hydrogen (secondary N) is 2.